The van der Waals surface area contributed by atoms with Crippen LogP contribution in [0.5, 0.6) is 0 Å². The number of benzene rings is 2. The molecule has 104 valence electrons. The van der Waals surface area contributed by atoms with Crippen molar-refractivity contribution in [2.75, 3.05) is 0 Å². The van der Waals surface area contributed by atoms with E-state index in [2.05, 4.69) is 63.7 Å². The molecule has 2 aromatic rings. The summed E-state index contributed by atoms with van der Waals surface area (Å²) in [4.78, 5) is 0. The maximum absolute atomic E-state index is 3.84. The van der Waals surface area contributed by atoms with E-state index < -0.39 is 0 Å². The van der Waals surface area contributed by atoms with Crippen molar-refractivity contribution in [1.82, 2.24) is 0 Å². The van der Waals surface area contributed by atoms with Crippen LogP contribution in [-0.4, -0.2) is 0 Å². The Morgan fingerprint density at radius 3 is 0.950 bits per heavy atom. The molecule has 20 heavy (non-hydrogen) atoms. The summed E-state index contributed by atoms with van der Waals surface area (Å²) >= 11 is 15.4. The van der Waals surface area contributed by atoms with Gasteiger partial charge in [0, 0.05) is 17.9 Å². The molecule has 0 nitrogen and oxygen atoms in total. The second-order valence-electron chi connectivity index (χ2n) is 5.63. The largest absolute Gasteiger partial charge is 0.0493 e. The molecule has 0 saturated heterocycles. The van der Waals surface area contributed by atoms with E-state index in [4.69, 9.17) is 0 Å². The molecule has 0 unspecified atom stereocenters. The average molecular weight is 524 g/mol. The third kappa shape index (κ3) is 1.80. The SMILES string of the molecule is Brc1c(Br)c2c3c(c(Br)c(Br)c4c3c1CCC4)CCC2. The first kappa shape index (κ1) is 14.2. The zero-order valence-corrected chi connectivity index (χ0v) is 17.1. The molecule has 2 aromatic carbocycles. The molecule has 0 N–H and O–H groups in total. The van der Waals surface area contributed by atoms with E-state index in [1.807, 2.05) is 0 Å². The molecule has 0 heterocycles. The van der Waals surface area contributed by atoms with Gasteiger partial charge in [0.25, 0.3) is 0 Å². The van der Waals surface area contributed by atoms with E-state index in [0.29, 0.717) is 0 Å². The predicted molar refractivity (Wildman–Crippen MR) is 98.8 cm³/mol. The zero-order valence-electron chi connectivity index (χ0n) is 10.8. The Bertz CT molecular complexity index is 638. The van der Waals surface area contributed by atoms with Gasteiger partial charge in [0.15, 0.2) is 0 Å². The topological polar surface area (TPSA) is 0 Å². The van der Waals surface area contributed by atoms with E-state index in [1.165, 1.54) is 89.4 Å². The van der Waals surface area contributed by atoms with Crippen molar-refractivity contribution in [3.05, 3.63) is 40.1 Å². The van der Waals surface area contributed by atoms with Gasteiger partial charge in [-0.2, -0.15) is 0 Å². The first-order valence-corrected chi connectivity index (χ1v) is 10.1. The van der Waals surface area contributed by atoms with Gasteiger partial charge in [-0.3, -0.25) is 0 Å². The number of rotatable bonds is 0. The van der Waals surface area contributed by atoms with Gasteiger partial charge >= 0.3 is 0 Å². The van der Waals surface area contributed by atoms with Gasteiger partial charge in [-0.05, 0) is 135 Å². The minimum absolute atomic E-state index is 1.18. The van der Waals surface area contributed by atoms with Gasteiger partial charge in [0.2, 0.25) is 0 Å². The van der Waals surface area contributed by atoms with Gasteiger partial charge in [0.05, 0.1) is 0 Å². The molecule has 0 radical (unpaired) electrons. The summed E-state index contributed by atoms with van der Waals surface area (Å²) in [6.45, 7) is 0. The highest BCUT2D eigenvalue weighted by Crippen LogP contribution is 2.50. The third-order valence-corrected chi connectivity index (χ3v) is 9.17. The number of hydrogen-bond acceptors (Lipinski definition) is 0. The van der Waals surface area contributed by atoms with Gasteiger partial charge in [-0.25, -0.2) is 0 Å². The molecular formula is C16H12Br4. The van der Waals surface area contributed by atoms with Crippen LogP contribution in [0.25, 0.3) is 10.8 Å². The van der Waals surface area contributed by atoms with Crippen molar-refractivity contribution in [3.8, 4) is 0 Å². The van der Waals surface area contributed by atoms with Crippen LogP contribution in [0.15, 0.2) is 17.9 Å². The van der Waals surface area contributed by atoms with Crippen molar-refractivity contribution in [1.29, 1.82) is 0 Å². The van der Waals surface area contributed by atoms with Gasteiger partial charge in [0.1, 0.15) is 0 Å². The van der Waals surface area contributed by atoms with Crippen LogP contribution < -0.4 is 0 Å². The van der Waals surface area contributed by atoms with Crippen molar-refractivity contribution in [2.45, 2.75) is 38.5 Å². The first-order valence-electron chi connectivity index (χ1n) is 6.92. The molecule has 0 spiro atoms. The molecule has 4 rings (SSSR count). The second-order valence-corrected chi connectivity index (χ2v) is 8.80. The Labute approximate surface area is 152 Å². The Morgan fingerprint density at radius 1 is 0.450 bits per heavy atom. The van der Waals surface area contributed by atoms with E-state index in [1.54, 1.807) is 0 Å². The lowest BCUT2D eigenvalue weighted by Crippen LogP contribution is -2.12. The zero-order chi connectivity index (χ0) is 14.0. The van der Waals surface area contributed by atoms with Crippen LogP contribution in [0.3, 0.4) is 0 Å². The summed E-state index contributed by atoms with van der Waals surface area (Å²) < 4.78 is 5.12. The predicted octanol–water partition coefficient (Wildman–Crippen LogP) is 6.87. The van der Waals surface area contributed by atoms with E-state index in [-0.39, 0.29) is 0 Å². The summed E-state index contributed by atoms with van der Waals surface area (Å²) in [6.07, 6.45) is 7.17. The number of aryl methyl sites for hydroxylation is 4. The molecule has 0 saturated carbocycles. The molecule has 0 atom stereocenters. The second kappa shape index (κ2) is 5.07. The maximum Gasteiger partial charge on any atom is 0.0358 e. The van der Waals surface area contributed by atoms with Gasteiger partial charge in [-0.1, -0.05) is 0 Å². The van der Waals surface area contributed by atoms with Crippen LogP contribution in [0, 0.1) is 0 Å². The molecule has 4 heteroatoms. The lowest BCUT2D eigenvalue weighted by Gasteiger charge is -2.29. The van der Waals surface area contributed by atoms with Gasteiger partial charge < -0.3 is 0 Å². The third-order valence-electron chi connectivity index (χ3n) is 4.61. The Balaban J connectivity index is 2.32. The van der Waals surface area contributed by atoms with Crippen molar-refractivity contribution >= 4 is 74.5 Å². The Morgan fingerprint density at radius 2 is 0.700 bits per heavy atom. The van der Waals surface area contributed by atoms with Crippen LogP contribution in [0.2, 0.25) is 0 Å². The molecule has 2 aliphatic rings. The maximum atomic E-state index is 3.84. The van der Waals surface area contributed by atoms with Crippen molar-refractivity contribution in [2.24, 2.45) is 0 Å². The fourth-order valence-corrected chi connectivity index (χ4v) is 6.30. The molecule has 0 aliphatic heterocycles. The summed E-state index contributed by atoms with van der Waals surface area (Å²) in [5.41, 5.74) is 5.97. The van der Waals surface area contributed by atoms with E-state index >= 15 is 0 Å². The minimum atomic E-state index is 1.18. The Hall–Kier alpha value is 0.620. The van der Waals surface area contributed by atoms with Crippen LogP contribution in [0.1, 0.15) is 35.1 Å². The highest BCUT2D eigenvalue weighted by molar-refractivity contribution is 9.13. The fraction of sp³-hybridized carbons (Fsp3) is 0.375. The molecular weight excluding hydrogens is 512 g/mol. The summed E-state index contributed by atoms with van der Waals surface area (Å²) in [6, 6.07) is 0. The van der Waals surface area contributed by atoms with Crippen LogP contribution in [0.4, 0.5) is 0 Å². The molecule has 0 fully saturated rings. The highest BCUT2D eigenvalue weighted by Gasteiger charge is 2.28. The lowest BCUT2D eigenvalue weighted by molar-refractivity contribution is 0.775. The number of halogens is 4. The Kier molecular flexibility index (Phi) is 3.61. The standard InChI is InChI=1S/C16H12Br4/c17-13-7-3-1-4-8-11(7)12-9(15(13)19)5-2-6-10(12)16(20)14(8)18/h1-6H2. The quantitative estimate of drug-likeness (QED) is 0.354. The molecule has 0 bridgehead atoms. The lowest BCUT2D eigenvalue weighted by atomic mass is 9.80. The number of hydrogen-bond donors (Lipinski definition) is 0. The van der Waals surface area contributed by atoms with E-state index in [9.17, 15) is 0 Å². The van der Waals surface area contributed by atoms with E-state index in [0.717, 1.165) is 0 Å². The summed E-state index contributed by atoms with van der Waals surface area (Å²) in [7, 11) is 0. The fourth-order valence-electron chi connectivity index (χ4n) is 3.76. The van der Waals surface area contributed by atoms with Gasteiger partial charge in [-0.15, -0.1) is 0 Å². The highest BCUT2D eigenvalue weighted by atomic mass is 79.9. The molecule has 0 amide bonds. The average Bonchev–Trinajstić information content (AvgIpc) is 2.48. The van der Waals surface area contributed by atoms with Crippen molar-refractivity contribution < 1.29 is 0 Å². The normalized spacial score (nSPS) is 16.8. The first-order chi connectivity index (χ1) is 9.61. The van der Waals surface area contributed by atoms with Crippen LogP contribution in [-0.2, 0) is 25.7 Å². The summed E-state index contributed by atoms with van der Waals surface area (Å²) in [5, 5.41) is 3.04. The summed E-state index contributed by atoms with van der Waals surface area (Å²) in [5.74, 6) is 0. The molecule has 2 aliphatic carbocycles. The minimum Gasteiger partial charge on any atom is -0.0493 e. The molecule has 0 aromatic heterocycles. The smallest absolute Gasteiger partial charge is 0.0358 e. The van der Waals surface area contributed by atoms with Crippen LogP contribution >= 0.6 is 63.7 Å². The monoisotopic (exact) mass is 520 g/mol. The van der Waals surface area contributed by atoms with Crippen molar-refractivity contribution in [3.63, 3.8) is 0 Å².